The van der Waals surface area contributed by atoms with Crippen molar-refractivity contribution in [3.63, 3.8) is 0 Å². The molecule has 2 amide bonds. The smallest absolute Gasteiger partial charge is 0.322 e. The molecule has 6 heteroatoms. The summed E-state index contributed by atoms with van der Waals surface area (Å²) in [6, 6.07) is 4.63. The number of halogens is 1. The maximum atomic E-state index is 12.4. The van der Waals surface area contributed by atoms with E-state index in [2.05, 4.69) is 5.32 Å². The van der Waals surface area contributed by atoms with Gasteiger partial charge in [0, 0.05) is 12.6 Å². The monoisotopic (exact) mass is 312 g/mol. The largest absolute Gasteiger partial charge is 0.497 e. The average molecular weight is 313 g/mol. The minimum Gasteiger partial charge on any atom is -0.497 e. The van der Waals surface area contributed by atoms with Crippen molar-refractivity contribution in [3.8, 4) is 5.75 Å². The summed E-state index contributed by atoms with van der Waals surface area (Å²) in [5.41, 5.74) is -0.422. The molecule has 21 heavy (non-hydrogen) atoms. The van der Waals surface area contributed by atoms with Crippen LogP contribution in [0, 0.1) is 0 Å². The van der Waals surface area contributed by atoms with E-state index in [-0.39, 0.29) is 12.1 Å². The van der Waals surface area contributed by atoms with Gasteiger partial charge in [-0.1, -0.05) is 11.6 Å². The second-order valence-electron chi connectivity index (χ2n) is 5.78. The van der Waals surface area contributed by atoms with E-state index in [4.69, 9.17) is 16.3 Å². The van der Waals surface area contributed by atoms with Crippen LogP contribution in [-0.2, 0) is 0 Å². The van der Waals surface area contributed by atoms with Crippen LogP contribution in [0.2, 0.25) is 5.02 Å². The fourth-order valence-electron chi connectivity index (χ4n) is 2.66. The van der Waals surface area contributed by atoms with E-state index < -0.39 is 5.60 Å². The molecule has 1 saturated heterocycles. The Morgan fingerprint density at radius 2 is 2.24 bits per heavy atom. The Hall–Kier alpha value is -1.46. The summed E-state index contributed by atoms with van der Waals surface area (Å²) in [7, 11) is 1.56. The molecule has 0 bridgehead atoms. The lowest BCUT2D eigenvalue weighted by atomic mass is 9.97. The highest BCUT2D eigenvalue weighted by Gasteiger charge is 2.38. The van der Waals surface area contributed by atoms with Gasteiger partial charge in [0.2, 0.25) is 0 Å². The molecule has 1 aromatic rings. The maximum absolute atomic E-state index is 12.4. The second-order valence-corrected chi connectivity index (χ2v) is 6.19. The van der Waals surface area contributed by atoms with Gasteiger partial charge in [-0.05, 0) is 38.8 Å². The minimum atomic E-state index is -0.925. The number of anilines is 1. The fourth-order valence-corrected chi connectivity index (χ4v) is 2.82. The van der Waals surface area contributed by atoms with Crippen LogP contribution in [0.15, 0.2) is 18.2 Å². The predicted octanol–water partition coefficient (Wildman–Crippen LogP) is 3.12. The first-order valence-electron chi connectivity index (χ1n) is 6.96. The Bertz CT molecular complexity index is 528. The lowest BCUT2D eigenvalue weighted by Gasteiger charge is -2.33. The molecule has 1 aliphatic heterocycles. The number of likely N-dealkylation sites (tertiary alicyclic amines) is 1. The van der Waals surface area contributed by atoms with Gasteiger partial charge in [0.05, 0.1) is 29.5 Å². The molecular weight excluding hydrogens is 292 g/mol. The van der Waals surface area contributed by atoms with Crippen molar-refractivity contribution in [1.82, 2.24) is 4.90 Å². The quantitative estimate of drug-likeness (QED) is 0.901. The first-order chi connectivity index (χ1) is 9.82. The molecule has 0 unspecified atom stereocenters. The van der Waals surface area contributed by atoms with E-state index in [1.54, 1.807) is 44.1 Å². The molecule has 0 spiro atoms. The molecular formula is C15H21ClN2O3. The van der Waals surface area contributed by atoms with E-state index in [0.29, 0.717) is 23.0 Å². The van der Waals surface area contributed by atoms with Gasteiger partial charge in [-0.2, -0.15) is 0 Å². The number of carbonyl (C=O) groups is 1. The highest BCUT2D eigenvalue weighted by atomic mass is 35.5. The van der Waals surface area contributed by atoms with Crippen molar-refractivity contribution in [2.75, 3.05) is 19.0 Å². The van der Waals surface area contributed by atoms with Crippen molar-refractivity contribution in [2.45, 2.75) is 38.3 Å². The molecule has 0 radical (unpaired) electrons. The number of rotatable bonds is 3. The highest BCUT2D eigenvalue weighted by molar-refractivity contribution is 6.33. The zero-order valence-electron chi connectivity index (χ0n) is 12.5. The van der Waals surface area contributed by atoms with Crippen molar-refractivity contribution in [3.05, 3.63) is 23.2 Å². The molecule has 1 aromatic carbocycles. The van der Waals surface area contributed by atoms with E-state index >= 15 is 0 Å². The van der Waals surface area contributed by atoms with Crippen molar-refractivity contribution in [2.24, 2.45) is 0 Å². The first kappa shape index (κ1) is 15.9. The van der Waals surface area contributed by atoms with Crippen molar-refractivity contribution >= 4 is 23.3 Å². The number of benzene rings is 1. The molecule has 1 fully saturated rings. The van der Waals surface area contributed by atoms with Gasteiger partial charge in [0.15, 0.2) is 0 Å². The number of methoxy groups -OCH3 is 1. The molecule has 0 aliphatic carbocycles. The second kappa shape index (κ2) is 6.12. The van der Waals surface area contributed by atoms with Gasteiger partial charge in [0.1, 0.15) is 5.75 Å². The third-order valence-electron chi connectivity index (χ3n) is 3.74. The number of urea groups is 1. The van der Waals surface area contributed by atoms with Crippen LogP contribution >= 0.6 is 11.6 Å². The van der Waals surface area contributed by atoms with Crippen LogP contribution in [0.1, 0.15) is 26.7 Å². The minimum absolute atomic E-state index is 0.193. The molecule has 116 valence electrons. The summed E-state index contributed by atoms with van der Waals surface area (Å²) >= 11 is 6.09. The lowest BCUT2D eigenvalue weighted by molar-refractivity contribution is 0.0117. The summed E-state index contributed by atoms with van der Waals surface area (Å²) < 4.78 is 5.13. The maximum Gasteiger partial charge on any atom is 0.322 e. The molecule has 0 saturated carbocycles. The van der Waals surface area contributed by atoms with Gasteiger partial charge in [-0.3, -0.25) is 0 Å². The number of ether oxygens (including phenoxy) is 1. The predicted molar refractivity (Wildman–Crippen MR) is 83.0 cm³/mol. The summed E-state index contributed by atoms with van der Waals surface area (Å²) in [6.45, 7) is 4.08. The van der Waals surface area contributed by atoms with E-state index in [9.17, 15) is 9.90 Å². The number of hydrogen-bond donors (Lipinski definition) is 2. The van der Waals surface area contributed by atoms with Gasteiger partial charge >= 0.3 is 6.03 Å². The lowest BCUT2D eigenvalue weighted by Crippen LogP contribution is -2.49. The molecule has 2 N–H and O–H groups in total. The summed E-state index contributed by atoms with van der Waals surface area (Å²) in [5, 5.41) is 13.4. The molecule has 1 atom stereocenters. The Morgan fingerprint density at radius 3 is 2.86 bits per heavy atom. The summed E-state index contributed by atoms with van der Waals surface area (Å²) in [6.07, 6.45) is 1.68. The van der Waals surface area contributed by atoms with Gasteiger partial charge < -0.3 is 20.1 Å². The Balaban J connectivity index is 2.14. The zero-order chi connectivity index (χ0) is 15.6. The average Bonchev–Trinajstić information content (AvgIpc) is 2.90. The van der Waals surface area contributed by atoms with Gasteiger partial charge in [0.25, 0.3) is 0 Å². The zero-order valence-corrected chi connectivity index (χ0v) is 13.3. The number of carbonyl (C=O) groups excluding carboxylic acids is 1. The Kier molecular flexibility index (Phi) is 4.64. The number of nitrogens with one attached hydrogen (secondary N) is 1. The summed E-state index contributed by atoms with van der Waals surface area (Å²) in [4.78, 5) is 14.1. The first-order valence-corrected chi connectivity index (χ1v) is 7.34. The van der Waals surface area contributed by atoms with E-state index in [1.807, 2.05) is 0 Å². The SMILES string of the molecule is COc1ccc(Cl)c(NC(=O)N2CCC[C@H]2C(C)(C)O)c1. The number of amides is 2. The molecule has 0 aromatic heterocycles. The van der Waals surface area contributed by atoms with Gasteiger partial charge in [-0.15, -0.1) is 0 Å². The molecule has 1 aliphatic rings. The number of nitrogens with zero attached hydrogens (tertiary/aromatic N) is 1. The van der Waals surface area contributed by atoms with Crippen LogP contribution < -0.4 is 10.1 Å². The van der Waals surface area contributed by atoms with Crippen LogP contribution in [-0.4, -0.2) is 41.3 Å². The topological polar surface area (TPSA) is 61.8 Å². The van der Waals surface area contributed by atoms with E-state index in [0.717, 1.165) is 12.8 Å². The highest BCUT2D eigenvalue weighted by Crippen LogP contribution is 2.30. The number of aliphatic hydroxyl groups is 1. The summed E-state index contributed by atoms with van der Waals surface area (Å²) in [5.74, 6) is 0.621. The third-order valence-corrected chi connectivity index (χ3v) is 4.07. The Morgan fingerprint density at radius 1 is 1.52 bits per heavy atom. The standard InChI is InChI=1S/C15H21ClN2O3/c1-15(2,20)13-5-4-8-18(13)14(19)17-12-9-10(21-3)6-7-11(12)16/h6-7,9,13,20H,4-5,8H2,1-3H3,(H,17,19)/t13-/m0/s1. The van der Waals surface area contributed by atoms with Crippen LogP contribution in [0.5, 0.6) is 5.75 Å². The number of hydrogen-bond acceptors (Lipinski definition) is 3. The van der Waals surface area contributed by atoms with Crippen molar-refractivity contribution in [1.29, 1.82) is 0 Å². The molecule has 1 heterocycles. The van der Waals surface area contributed by atoms with Crippen molar-refractivity contribution < 1.29 is 14.6 Å². The van der Waals surface area contributed by atoms with Crippen LogP contribution in [0.3, 0.4) is 0 Å². The normalized spacial score (nSPS) is 18.7. The van der Waals surface area contributed by atoms with Gasteiger partial charge in [-0.25, -0.2) is 4.79 Å². The molecule has 2 rings (SSSR count). The Labute approximate surface area is 129 Å². The van der Waals surface area contributed by atoms with Crippen LogP contribution in [0.25, 0.3) is 0 Å². The fraction of sp³-hybridized carbons (Fsp3) is 0.533. The molecule has 5 nitrogen and oxygen atoms in total. The van der Waals surface area contributed by atoms with E-state index in [1.165, 1.54) is 0 Å². The third kappa shape index (κ3) is 3.60. The van der Waals surface area contributed by atoms with Crippen LogP contribution in [0.4, 0.5) is 10.5 Å².